The lowest BCUT2D eigenvalue weighted by Crippen LogP contribution is -2.55. The standard InChI is InChI=1S/C16H21N3O5S.ClH/c1-23-10-14-19-12-9-11(3-4-13(12)24-14)18-15(20)16(25(2,21)22)5-7-17-8-6-16;/h3-4,9,17H,5-8,10H2,1-2H3,(H,18,20);1H. The van der Waals surface area contributed by atoms with Gasteiger partial charge in [-0.2, -0.15) is 0 Å². The van der Waals surface area contributed by atoms with Gasteiger partial charge < -0.3 is 19.8 Å². The molecule has 2 N–H and O–H groups in total. The van der Waals surface area contributed by atoms with Crippen LogP contribution in [0.1, 0.15) is 18.7 Å². The number of oxazole rings is 1. The molecule has 2 aromatic rings. The number of anilines is 1. The van der Waals surface area contributed by atoms with Gasteiger partial charge in [0.05, 0.1) is 0 Å². The van der Waals surface area contributed by atoms with E-state index in [1.54, 1.807) is 25.3 Å². The number of benzene rings is 1. The van der Waals surface area contributed by atoms with E-state index in [1.165, 1.54) is 0 Å². The Bertz CT molecular complexity index is 890. The number of hydrogen-bond donors (Lipinski definition) is 2. The smallest absolute Gasteiger partial charge is 0.245 e. The second-order valence-corrected chi connectivity index (χ2v) is 8.52. The molecule has 3 rings (SSSR count). The van der Waals surface area contributed by atoms with E-state index in [0.717, 1.165) is 6.26 Å². The lowest BCUT2D eigenvalue weighted by molar-refractivity contribution is -0.119. The molecule has 0 aliphatic carbocycles. The molecule has 2 heterocycles. The van der Waals surface area contributed by atoms with Crippen molar-refractivity contribution in [3.05, 3.63) is 24.1 Å². The quantitative estimate of drug-likeness (QED) is 0.778. The summed E-state index contributed by atoms with van der Waals surface area (Å²) in [4.78, 5) is 17.1. The van der Waals surface area contributed by atoms with Gasteiger partial charge in [-0.1, -0.05) is 0 Å². The molecule has 0 atom stereocenters. The zero-order chi connectivity index (χ0) is 18.1. The van der Waals surface area contributed by atoms with Crippen LogP contribution < -0.4 is 10.6 Å². The molecule has 8 nitrogen and oxygen atoms in total. The van der Waals surface area contributed by atoms with E-state index >= 15 is 0 Å². The Morgan fingerprint density at radius 1 is 1.38 bits per heavy atom. The third kappa shape index (κ3) is 3.85. The van der Waals surface area contributed by atoms with Crippen LogP contribution in [0.15, 0.2) is 22.6 Å². The number of methoxy groups -OCH3 is 1. The number of nitrogens with zero attached hydrogens (tertiary/aromatic N) is 1. The number of carbonyl (C=O) groups is 1. The lowest BCUT2D eigenvalue weighted by atomic mass is 9.95. The van der Waals surface area contributed by atoms with Crippen LogP contribution in [-0.2, 0) is 26.0 Å². The predicted molar refractivity (Wildman–Crippen MR) is 100 cm³/mol. The Labute approximate surface area is 158 Å². The number of rotatable bonds is 5. The maximum absolute atomic E-state index is 12.8. The fourth-order valence-electron chi connectivity index (χ4n) is 3.08. The minimum atomic E-state index is -3.56. The largest absolute Gasteiger partial charge is 0.438 e. The molecule has 1 aromatic heterocycles. The van der Waals surface area contributed by atoms with E-state index in [4.69, 9.17) is 9.15 Å². The molecule has 1 aromatic carbocycles. The van der Waals surface area contributed by atoms with Crippen LogP contribution in [0.4, 0.5) is 5.69 Å². The van der Waals surface area contributed by atoms with Crippen molar-refractivity contribution in [2.75, 3.05) is 31.8 Å². The number of halogens is 1. The van der Waals surface area contributed by atoms with E-state index in [9.17, 15) is 13.2 Å². The van der Waals surface area contributed by atoms with Gasteiger partial charge in [0, 0.05) is 19.1 Å². The van der Waals surface area contributed by atoms with E-state index in [-0.39, 0.29) is 31.9 Å². The maximum Gasteiger partial charge on any atom is 0.245 e. The molecular formula is C16H22ClN3O5S. The van der Waals surface area contributed by atoms with E-state index in [2.05, 4.69) is 15.6 Å². The lowest BCUT2D eigenvalue weighted by Gasteiger charge is -2.34. The summed E-state index contributed by atoms with van der Waals surface area (Å²) < 4.78 is 33.7. The average molecular weight is 404 g/mol. The summed E-state index contributed by atoms with van der Waals surface area (Å²) in [5.74, 6) is -0.0663. The molecule has 144 valence electrons. The molecular weight excluding hydrogens is 382 g/mol. The Morgan fingerprint density at radius 3 is 2.69 bits per heavy atom. The first-order chi connectivity index (χ1) is 11.9. The summed E-state index contributed by atoms with van der Waals surface area (Å²) in [6, 6.07) is 5.01. The highest BCUT2D eigenvalue weighted by Crippen LogP contribution is 2.30. The van der Waals surface area contributed by atoms with Crippen LogP contribution in [-0.4, -0.2) is 50.5 Å². The van der Waals surface area contributed by atoms with Gasteiger partial charge in [0.15, 0.2) is 20.2 Å². The van der Waals surface area contributed by atoms with Crippen LogP contribution >= 0.6 is 12.4 Å². The Kier molecular flexibility index (Phi) is 6.28. The molecule has 1 saturated heterocycles. The molecule has 1 aliphatic rings. The molecule has 0 spiro atoms. The number of aromatic nitrogens is 1. The number of amides is 1. The minimum absolute atomic E-state index is 0. The Hall–Kier alpha value is -1.68. The molecule has 1 amide bonds. The summed E-state index contributed by atoms with van der Waals surface area (Å²) in [6.07, 6.45) is 1.62. The highest BCUT2D eigenvalue weighted by molar-refractivity contribution is 7.92. The van der Waals surface area contributed by atoms with Crippen LogP contribution in [0, 0.1) is 0 Å². The summed E-state index contributed by atoms with van der Waals surface area (Å²) in [5, 5.41) is 5.82. The number of sulfone groups is 1. The number of ether oxygens (including phenoxy) is 1. The van der Waals surface area contributed by atoms with Gasteiger partial charge in [0.25, 0.3) is 0 Å². The molecule has 1 aliphatic heterocycles. The third-order valence-electron chi connectivity index (χ3n) is 4.49. The number of carbonyl (C=O) groups excluding carboxylic acids is 1. The second-order valence-electron chi connectivity index (χ2n) is 6.19. The number of fused-ring (bicyclic) bond motifs is 1. The summed E-state index contributed by atoms with van der Waals surface area (Å²) >= 11 is 0. The summed E-state index contributed by atoms with van der Waals surface area (Å²) in [6.45, 7) is 1.23. The monoisotopic (exact) mass is 403 g/mol. The molecule has 0 saturated carbocycles. The SMILES string of the molecule is COCc1nc2cc(NC(=O)C3(S(C)(=O)=O)CCNCC3)ccc2o1.Cl. The zero-order valence-electron chi connectivity index (χ0n) is 14.6. The predicted octanol–water partition coefficient (Wildman–Crippen LogP) is 1.50. The molecule has 0 unspecified atom stereocenters. The fraction of sp³-hybridized carbons (Fsp3) is 0.500. The van der Waals surface area contributed by atoms with Crippen molar-refractivity contribution >= 4 is 44.9 Å². The zero-order valence-corrected chi connectivity index (χ0v) is 16.2. The molecule has 0 radical (unpaired) electrons. The third-order valence-corrected chi connectivity index (χ3v) is 6.51. The highest BCUT2D eigenvalue weighted by atomic mass is 35.5. The normalized spacial score (nSPS) is 16.8. The van der Waals surface area contributed by atoms with Crippen LogP contribution in [0.5, 0.6) is 0 Å². The van der Waals surface area contributed by atoms with Gasteiger partial charge in [0.2, 0.25) is 11.8 Å². The highest BCUT2D eigenvalue weighted by Gasteiger charge is 2.48. The van der Waals surface area contributed by atoms with Crippen molar-refractivity contribution in [1.29, 1.82) is 0 Å². The van der Waals surface area contributed by atoms with Gasteiger partial charge in [0.1, 0.15) is 12.1 Å². The van der Waals surface area contributed by atoms with Crippen LogP contribution in [0.3, 0.4) is 0 Å². The van der Waals surface area contributed by atoms with Gasteiger partial charge in [-0.25, -0.2) is 13.4 Å². The topological polar surface area (TPSA) is 111 Å². The van der Waals surface area contributed by atoms with Gasteiger partial charge in [-0.05, 0) is 44.1 Å². The Balaban J connectivity index is 0.00000243. The van der Waals surface area contributed by atoms with Gasteiger partial charge in [-0.15, -0.1) is 12.4 Å². The fourth-order valence-corrected chi connectivity index (χ4v) is 4.41. The molecule has 10 heteroatoms. The number of hydrogen-bond acceptors (Lipinski definition) is 7. The number of nitrogens with one attached hydrogen (secondary N) is 2. The van der Waals surface area contributed by atoms with Crippen molar-refractivity contribution in [3.63, 3.8) is 0 Å². The van der Waals surface area contributed by atoms with Crippen molar-refractivity contribution < 1.29 is 22.4 Å². The van der Waals surface area contributed by atoms with Crippen molar-refractivity contribution in [1.82, 2.24) is 10.3 Å². The van der Waals surface area contributed by atoms with Crippen LogP contribution in [0.25, 0.3) is 11.1 Å². The van der Waals surface area contributed by atoms with E-state index < -0.39 is 20.5 Å². The van der Waals surface area contributed by atoms with Crippen molar-refractivity contribution in [2.45, 2.75) is 24.2 Å². The summed E-state index contributed by atoms with van der Waals surface area (Å²) in [7, 11) is -2.01. The average Bonchev–Trinajstić information content (AvgIpc) is 2.96. The minimum Gasteiger partial charge on any atom is -0.438 e. The van der Waals surface area contributed by atoms with Crippen LogP contribution in [0.2, 0.25) is 0 Å². The van der Waals surface area contributed by atoms with Crippen molar-refractivity contribution in [2.24, 2.45) is 0 Å². The second kappa shape index (κ2) is 7.91. The Morgan fingerprint density at radius 2 is 2.08 bits per heavy atom. The molecule has 26 heavy (non-hydrogen) atoms. The maximum atomic E-state index is 12.8. The summed E-state index contributed by atoms with van der Waals surface area (Å²) in [5.41, 5.74) is 1.63. The first-order valence-corrected chi connectivity index (χ1v) is 9.85. The van der Waals surface area contributed by atoms with E-state index in [0.29, 0.717) is 35.8 Å². The van der Waals surface area contributed by atoms with Gasteiger partial charge in [-0.3, -0.25) is 4.79 Å². The van der Waals surface area contributed by atoms with E-state index in [1.807, 2.05) is 0 Å². The first kappa shape index (κ1) is 20.6. The first-order valence-electron chi connectivity index (χ1n) is 7.96. The number of piperidine rings is 1. The van der Waals surface area contributed by atoms with Gasteiger partial charge >= 0.3 is 0 Å². The molecule has 1 fully saturated rings. The van der Waals surface area contributed by atoms with Crippen molar-refractivity contribution in [3.8, 4) is 0 Å². The molecule has 0 bridgehead atoms.